The number of thiophene rings is 1. The van der Waals surface area contributed by atoms with Crippen LogP contribution in [0.15, 0.2) is 32.5 Å². The Morgan fingerprint density at radius 1 is 1.33 bits per heavy atom. The van der Waals surface area contributed by atoms with Gasteiger partial charge in [-0.25, -0.2) is 0 Å². The summed E-state index contributed by atoms with van der Waals surface area (Å²) < 4.78 is 7.31. The molecular weight excluding hydrogens is 401 g/mol. The van der Waals surface area contributed by atoms with Gasteiger partial charge in [-0.3, -0.25) is 0 Å². The highest BCUT2D eigenvalue weighted by molar-refractivity contribution is 9.11. The molecule has 1 heterocycles. The van der Waals surface area contributed by atoms with Gasteiger partial charge in [-0.15, -0.1) is 11.3 Å². The zero-order chi connectivity index (χ0) is 13.1. The van der Waals surface area contributed by atoms with E-state index in [1.165, 1.54) is 4.88 Å². The SMILES string of the molecule is COc1c(Br)cc(Cl)cc1NCc1ccc(Br)s1. The zero-order valence-corrected chi connectivity index (χ0v) is 14.2. The van der Waals surface area contributed by atoms with Crippen molar-refractivity contribution in [2.45, 2.75) is 6.54 Å². The fourth-order valence-electron chi connectivity index (χ4n) is 1.53. The molecule has 0 aliphatic rings. The van der Waals surface area contributed by atoms with Crippen LogP contribution in [-0.4, -0.2) is 7.11 Å². The van der Waals surface area contributed by atoms with Crippen LogP contribution >= 0.6 is 54.8 Å². The van der Waals surface area contributed by atoms with Gasteiger partial charge in [0.25, 0.3) is 0 Å². The largest absolute Gasteiger partial charge is 0.493 e. The van der Waals surface area contributed by atoms with E-state index in [0.29, 0.717) is 5.02 Å². The summed E-state index contributed by atoms with van der Waals surface area (Å²) in [5.74, 6) is 0.759. The van der Waals surface area contributed by atoms with E-state index in [0.717, 1.165) is 26.2 Å². The van der Waals surface area contributed by atoms with Crippen molar-refractivity contribution in [1.29, 1.82) is 0 Å². The summed E-state index contributed by atoms with van der Waals surface area (Å²) in [6.07, 6.45) is 0. The summed E-state index contributed by atoms with van der Waals surface area (Å²) in [6, 6.07) is 7.78. The number of hydrogen-bond donors (Lipinski definition) is 1. The van der Waals surface area contributed by atoms with Crippen molar-refractivity contribution in [3.8, 4) is 5.75 Å². The van der Waals surface area contributed by atoms with Crippen LogP contribution in [-0.2, 0) is 6.54 Å². The molecule has 0 spiro atoms. The average Bonchev–Trinajstić information content (AvgIpc) is 2.72. The van der Waals surface area contributed by atoms with Crippen LogP contribution in [0.5, 0.6) is 5.75 Å². The second-order valence-corrected chi connectivity index (χ2v) is 7.37. The van der Waals surface area contributed by atoms with Gasteiger partial charge in [0.05, 0.1) is 21.1 Å². The first-order chi connectivity index (χ1) is 8.60. The maximum Gasteiger partial charge on any atom is 0.156 e. The Bertz CT molecular complexity index is 559. The molecule has 0 radical (unpaired) electrons. The summed E-state index contributed by atoms with van der Waals surface area (Å²) in [6.45, 7) is 0.736. The van der Waals surface area contributed by atoms with Gasteiger partial charge in [0, 0.05) is 16.4 Å². The summed E-state index contributed by atoms with van der Waals surface area (Å²) >= 11 is 14.6. The number of hydrogen-bond acceptors (Lipinski definition) is 3. The van der Waals surface area contributed by atoms with Gasteiger partial charge >= 0.3 is 0 Å². The standard InChI is InChI=1S/C12H10Br2ClNOS/c1-17-12-9(13)4-7(15)5-10(12)16-6-8-2-3-11(14)18-8/h2-5,16H,6H2,1H3. The first-order valence-corrected chi connectivity index (χ1v) is 7.89. The highest BCUT2D eigenvalue weighted by Gasteiger charge is 2.09. The molecule has 96 valence electrons. The number of nitrogens with one attached hydrogen (secondary N) is 1. The average molecular weight is 412 g/mol. The topological polar surface area (TPSA) is 21.3 Å². The summed E-state index contributed by atoms with van der Waals surface area (Å²) in [4.78, 5) is 1.24. The number of ether oxygens (including phenoxy) is 1. The predicted octanol–water partition coefficient (Wildman–Crippen LogP) is 5.55. The van der Waals surface area contributed by atoms with Crippen molar-refractivity contribution in [1.82, 2.24) is 0 Å². The van der Waals surface area contributed by atoms with Crippen molar-refractivity contribution in [3.63, 3.8) is 0 Å². The van der Waals surface area contributed by atoms with Crippen LogP contribution < -0.4 is 10.1 Å². The Balaban J connectivity index is 2.18. The Morgan fingerprint density at radius 2 is 2.11 bits per heavy atom. The summed E-state index contributed by atoms with van der Waals surface area (Å²) in [5.41, 5.74) is 0.876. The lowest BCUT2D eigenvalue weighted by Gasteiger charge is -2.12. The minimum Gasteiger partial charge on any atom is -0.493 e. The molecule has 0 aliphatic heterocycles. The molecule has 0 saturated carbocycles. The highest BCUT2D eigenvalue weighted by Crippen LogP contribution is 2.36. The predicted molar refractivity (Wildman–Crippen MR) is 85.0 cm³/mol. The lowest BCUT2D eigenvalue weighted by Crippen LogP contribution is -2.00. The van der Waals surface area contributed by atoms with E-state index in [-0.39, 0.29) is 0 Å². The van der Waals surface area contributed by atoms with E-state index in [4.69, 9.17) is 16.3 Å². The van der Waals surface area contributed by atoms with Crippen molar-refractivity contribution in [3.05, 3.63) is 42.4 Å². The number of halogens is 3. The second-order valence-electron chi connectivity index (χ2n) is 3.53. The third kappa shape index (κ3) is 3.41. The normalized spacial score (nSPS) is 10.4. The molecule has 0 fully saturated rings. The monoisotopic (exact) mass is 409 g/mol. The molecule has 0 amide bonds. The maximum absolute atomic E-state index is 6.03. The third-order valence-corrected chi connectivity index (χ3v) is 4.73. The van der Waals surface area contributed by atoms with E-state index in [9.17, 15) is 0 Å². The van der Waals surface area contributed by atoms with Crippen molar-refractivity contribution in [2.75, 3.05) is 12.4 Å². The molecule has 0 saturated heterocycles. The first kappa shape index (κ1) is 14.2. The van der Waals surface area contributed by atoms with Gasteiger partial charge in [-0.2, -0.15) is 0 Å². The summed E-state index contributed by atoms with van der Waals surface area (Å²) in [7, 11) is 1.64. The fourth-order valence-corrected chi connectivity index (χ4v) is 3.92. The quantitative estimate of drug-likeness (QED) is 0.712. The fraction of sp³-hybridized carbons (Fsp3) is 0.167. The van der Waals surface area contributed by atoms with E-state index < -0.39 is 0 Å². The number of rotatable bonds is 4. The number of methoxy groups -OCH3 is 1. The Labute approximate surface area is 132 Å². The van der Waals surface area contributed by atoms with Gasteiger partial charge in [0.2, 0.25) is 0 Å². The number of anilines is 1. The van der Waals surface area contributed by atoms with Crippen LogP contribution in [0, 0.1) is 0 Å². The van der Waals surface area contributed by atoms with Crippen molar-refractivity contribution < 1.29 is 4.74 Å². The second kappa shape index (κ2) is 6.28. The highest BCUT2D eigenvalue weighted by atomic mass is 79.9. The molecule has 6 heteroatoms. The van der Waals surface area contributed by atoms with Crippen LogP contribution in [0.25, 0.3) is 0 Å². The molecule has 0 atom stereocenters. The lowest BCUT2D eigenvalue weighted by molar-refractivity contribution is 0.414. The maximum atomic E-state index is 6.03. The molecule has 1 N–H and O–H groups in total. The Hall–Kier alpha value is -0.230. The first-order valence-electron chi connectivity index (χ1n) is 5.11. The van der Waals surface area contributed by atoms with Crippen molar-refractivity contribution >= 4 is 60.5 Å². The van der Waals surface area contributed by atoms with E-state index in [2.05, 4.69) is 43.2 Å². The van der Waals surface area contributed by atoms with Gasteiger partial charge in [-0.05, 0) is 56.1 Å². The van der Waals surface area contributed by atoms with Gasteiger partial charge in [0.15, 0.2) is 5.75 Å². The number of benzene rings is 1. The lowest BCUT2D eigenvalue weighted by atomic mass is 10.3. The van der Waals surface area contributed by atoms with Crippen LogP contribution in [0.2, 0.25) is 5.02 Å². The molecule has 1 aromatic carbocycles. The van der Waals surface area contributed by atoms with Crippen LogP contribution in [0.3, 0.4) is 0 Å². The van der Waals surface area contributed by atoms with E-state index in [1.807, 2.05) is 18.2 Å². The molecule has 1 aromatic heterocycles. The molecular formula is C12H10Br2ClNOS. The zero-order valence-electron chi connectivity index (χ0n) is 9.47. The minimum absolute atomic E-state index is 0.664. The van der Waals surface area contributed by atoms with E-state index >= 15 is 0 Å². The molecule has 0 unspecified atom stereocenters. The van der Waals surface area contributed by atoms with Gasteiger partial charge < -0.3 is 10.1 Å². The molecule has 2 aromatic rings. The molecule has 0 aliphatic carbocycles. The summed E-state index contributed by atoms with van der Waals surface area (Å²) in [5, 5.41) is 3.99. The van der Waals surface area contributed by atoms with Gasteiger partial charge in [-0.1, -0.05) is 11.6 Å². The van der Waals surface area contributed by atoms with Crippen molar-refractivity contribution in [2.24, 2.45) is 0 Å². The smallest absolute Gasteiger partial charge is 0.156 e. The third-order valence-electron chi connectivity index (χ3n) is 2.29. The molecule has 2 nitrogen and oxygen atoms in total. The van der Waals surface area contributed by atoms with Gasteiger partial charge in [0.1, 0.15) is 0 Å². The molecule has 0 bridgehead atoms. The van der Waals surface area contributed by atoms with Crippen LogP contribution in [0.1, 0.15) is 4.88 Å². The Kier molecular flexibility index (Phi) is 4.95. The molecule has 2 rings (SSSR count). The molecule has 18 heavy (non-hydrogen) atoms. The Morgan fingerprint density at radius 3 is 2.72 bits per heavy atom. The van der Waals surface area contributed by atoms with Crippen LogP contribution in [0.4, 0.5) is 5.69 Å². The van der Waals surface area contributed by atoms with E-state index in [1.54, 1.807) is 18.4 Å². The minimum atomic E-state index is 0.664.